The number of likely N-dealkylation sites (tertiary alicyclic amines) is 1. The molecule has 2 aromatic carbocycles. The topological polar surface area (TPSA) is 93.0 Å². The molecule has 2 fully saturated rings. The first-order chi connectivity index (χ1) is 17.6. The second-order valence-electron chi connectivity index (χ2n) is 9.62. The van der Waals surface area contributed by atoms with Gasteiger partial charge in [-0.25, -0.2) is 4.98 Å². The number of aromatic nitrogens is 1. The minimum absolute atomic E-state index is 0.166. The Bertz CT molecular complexity index is 1230. The van der Waals surface area contributed by atoms with Gasteiger partial charge in [0.25, 0.3) is 0 Å². The number of ether oxygens (including phenoxy) is 2. The molecule has 36 heavy (non-hydrogen) atoms. The zero-order chi connectivity index (χ0) is 24.5. The van der Waals surface area contributed by atoms with E-state index >= 15 is 0 Å². The van der Waals surface area contributed by atoms with Crippen LogP contribution in [0.3, 0.4) is 0 Å². The average molecular weight is 506 g/mol. The van der Waals surface area contributed by atoms with Crippen LogP contribution in [0.2, 0.25) is 0 Å². The molecule has 3 N–H and O–H groups in total. The van der Waals surface area contributed by atoms with Crippen LogP contribution in [0.1, 0.15) is 47.3 Å². The molecular formula is C27H31N5O3S. The maximum Gasteiger partial charge on any atom is 0.231 e. The third-order valence-electron chi connectivity index (χ3n) is 7.35. The van der Waals surface area contributed by atoms with Crippen molar-refractivity contribution in [2.45, 2.75) is 38.1 Å². The van der Waals surface area contributed by atoms with Crippen LogP contribution in [-0.4, -0.2) is 54.7 Å². The number of thiazole rings is 1. The van der Waals surface area contributed by atoms with Crippen LogP contribution in [0.15, 0.2) is 42.5 Å². The number of nitrogens with one attached hydrogen (secondary N) is 1. The van der Waals surface area contributed by atoms with Gasteiger partial charge in [-0.1, -0.05) is 17.8 Å². The van der Waals surface area contributed by atoms with E-state index in [1.807, 2.05) is 0 Å². The molecule has 0 aliphatic carbocycles. The molecule has 0 bridgehead atoms. The number of ketones is 1. The Morgan fingerprint density at radius 3 is 2.50 bits per heavy atom. The minimum atomic E-state index is -0.181. The number of rotatable bonds is 6. The van der Waals surface area contributed by atoms with Gasteiger partial charge in [-0.15, -0.1) is 0 Å². The largest absolute Gasteiger partial charge is 0.454 e. The molecule has 0 radical (unpaired) electrons. The first kappa shape index (κ1) is 23.1. The van der Waals surface area contributed by atoms with Crippen LogP contribution < -0.4 is 25.4 Å². The number of carbonyl (C=O) groups excluding carboxylic acids is 1. The van der Waals surface area contributed by atoms with E-state index in [1.165, 1.54) is 62.2 Å². The van der Waals surface area contributed by atoms with Crippen LogP contribution >= 0.6 is 11.3 Å². The molecule has 4 heterocycles. The fourth-order valence-electron chi connectivity index (χ4n) is 5.37. The Morgan fingerprint density at radius 2 is 1.72 bits per heavy atom. The van der Waals surface area contributed by atoms with Crippen molar-refractivity contribution in [3.63, 3.8) is 0 Å². The normalized spacial score (nSPS) is 18.4. The standard InChI is InChI=1S/C27H31N5O3S/c28-26-25(24(33)18-4-9-22-23(16-18)35-17-34-22)36-27(30-26)29-19-5-7-20(8-6-19)32-14-10-21(11-15-32)31-12-2-1-3-13-31/h4-9,16,21H,1-3,10-15,17,28H2,(H,29,30). The highest BCUT2D eigenvalue weighted by Gasteiger charge is 2.26. The quantitative estimate of drug-likeness (QED) is 0.458. The number of nitrogen functional groups attached to an aromatic ring is 1. The molecule has 9 heteroatoms. The first-order valence-corrected chi connectivity index (χ1v) is 13.5. The van der Waals surface area contributed by atoms with Crippen LogP contribution in [0.25, 0.3) is 0 Å². The van der Waals surface area contributed by atoms with Crippen molar-refractivity contribution in [2.75, 3.05) is 48.9 Å². The Kier molecular flexibility index (Phi) is 6.41. The van der Waals surface area contributed by atoms with E-state index < -0.39 is 0 Å². The highest BCUT2D eigenvalue weighted by atomic mass is 32.1. The van der Waals surface area contributed by atoms with Crippen LogP contribution in [0, 0.1) is 0 Å². The summed E-state index contributed by atoms with van der Waals surface area (Å²) in [7, 11) is 0. The Labute approximate surface area is 215 Å². The summed E-state index contributed by atoms with van der Waals surface area (Å²) in [5.74, 6) is 1.25. The van der Waals surface area contributed by atoms with Gasteiger partial charge in [-0.2, -0.15) is 0 Å². The predicted molar refractivity (Wildman–Crippen MR) is 143 cm³/mol. The van der Waals surface area contributed by atoms with Crippen molar-refractivity contribution >= 4 is 39.4 Å². The molecular weight excluding hydrogens is 474 g/mol. The zero-order valence-electron chi connectivity index (χ0n) is 20.2. The third kappa shape index (κ3) is 4.73. The van der Waals surface area contributed by atoms with E-state index in [1.54, 1.807) is 18.2 Å². The number of nitrogens with two attached hydrogens (primary N) is 1. The molecule has 188 valence electrons. The Hall–Kier alpha value is -3.30. The molecule has 1 aromatic heterocycles. The van der Waals surface area contributed by atoms with Crippen molar-refractivity contribution in [1.29, 1.82) is 0 Å². The predicted octanol–water partition coefficient (Wildman–Crippen LogP) is 4.88. The van der Waals surface area contributed by atoms with E-state index in [0.29, 0.717) is 27.1 Å². The van der Waals surface area contributed by atoms with Crippen LogP contribution in [0.4, 0.5) is 22.3 Å². The highest BCUT2D eigenvalue weighted by Crippen LogP contribution is 2.35. The van der Waals surface area contributed by atoms with Crippen molar-refractivity contribution in [3.05, 3.63) is 52.9 Å². The second kappa shape index (κ2) is 9.99. The molecule has 0 atom stereocenters. The summed E-state index contributed by atoms with van der Waals surface area (Å²) in [6.07, 6.45) is 6.57. The average Bonchev–Trinajstić information content (AvgIpc) is 3.55. The highest BCUT2D eigenvalue weighted by molar-refractivity contribution is 7.18. The summed E-state index contributed by atoms with van der Waals surface area (Å²) in [6.45, 7) is 4.91. The summed E-state index contributed by atoms with van der Waals surface area (Å²) in [4.78, 5) is 23.0. The number of hydrogen-bond donors (Lipinski definition) is 2. The maximum atomic E-state index is 13.0. The zero-order valence-corrected chi connectivity index (χ0v) is 21.1. The van der Waals surface area contributed by atoms with E-state index in [-0.39, 0.29) is 18.4 Å². The minimum Gasteiger partial charge on any atom is -0.454 e. The summed E-state index contributed by atoms with van der Waals surface area (Å²) in [5, 5.41) is 3.89. The van der Waals surface area contributed by atoms with Gasteiger partial charge in [0.2, 0.25) is 12.6 Å². The van der Waals surface area contributed by atoms with Gasteiger partial charge in [0.05, 0.1) is 0 Å². The summed E-state index contributed by atoms with van der Waals surface area (Å²) < 4.78 is 10.7. The number of hydrogen-bond acceptors (Lipinski definition) is 9. The van der Waals surface area contributed by atoms with Gasteiger partial charge in [-0.05, 0) is 81.2 Å². The second-order valence-corrected chi connectivity index (χ2v) is 10.6. The number of carbonyl (C=O) groups is 1. The van der Waals surface area contributed by atoms with Crippen molar-refractivity contribution in [3.8, 4) is 11.5 Å². The number of anilines is 4. The molecule has 8 nitrogen and oxygen atoms in total. The fourth-order valence-corrected chi connectivity index (χ4v) is 6.24. The monoisotopic (exact) mass is 505 g/mol. The molecule has 0 saturated carbocycles. The van der Waals surface area contributed by atoms with Crippen molar-refractivity contribution in [2.24, 2.45) is 0 Å². The van der Waals surface area contributed by atoms with Crippen molar-refractivity contribution in [1.82, 2.24) is 9.88 Å². The Balaban J connectivity index is 1.08. The molecule has 3 aliphatic heterocycles. The molecule has 0 amide bonds. The van der Waals surface area contributed by atoms with Gasteiger partial charge < -0.3 is 30.3 Å². The molecule has 2 saturated heterocycles. The molecule has 0 spiro atoms. The van der Waals surface area contributed by atoms with Crippen LogP contribution in [0.5, 0.6) is 11.5 Å². The van der Waals surface area contributed by atoms with E-state index in [9.17, 15) is 4.79 Å². The Morgan fingerprint density at radius 1 is 0.972 bits per heavy atom. The van der Waals surface area contributed by atoms with E-state index in [2.05, 4.69) is 44.4 Å². The molecule has 6 rings (SSSR count). The summed E-state index contributed by atoms with van der Waals surface area (Å²) in [5.41, 5.74) is 8.76. The summed E-state index contributed by atoms with van der Waals surface area (Å²) in [6, 6.07) is 14.3. The fraction of sp³-hybridized carbons (Fsp3) is 0.407. The van der Waals surface area contributed by atoms with E-state index in [4.69, 9.17) is 15.2 Å². The number of benzene rings is 2. The molecule has 3 aliphatic rings. The van der Waals surface area contributed by atoms with Crippen molar-refractivity contribution < 1.29 is 14.3 Å². The molecule has 3 aromatic rings. The summed E-state index contributed by atoms with van der Waals surface area (Å²) >= 11 is 1.25. The first-order valence-electron chi connectivity index (χ1n) is 12.7. The van der Waals surface area contributed by atoms with Gasteiger partial charge in [-0.3, -0.25) is 4.79 Å². The lowest BCUT2D eigenvalue weighted by molar-refractivity contribution is 0.104. The number of fused-ring (bicyclic) bond motifs is 1. The van der Waals surface area contributed by atoms with Gasteiger partial charge in [0, 0.05) is 36.1 Å². The van der Waals surface area contributed by atoms with Crippen LogP contribution in [-0.2, 0) is 0 Å². The smallest absolute Gasteiger partial charge is 0.231 e. The lowest BCUT2D eigenvalue weighted by Gasteiger charge is -2.41. The van der Waals surface area contributed by atoms with Gasteiger partial charge >= 0.3 is 0 Å². The number of piperidine rings is 2. The lowest BCUT2D eigenvalue weighted by Crippen LogP contribution is -2.46. The SMILES string of the molecule is Nc1nc(Nc2ccc(N3CCC(N4CCCCC4)CC3)cc2)sc1C(=O)c1ccc2c(c1)OCO2. The third-order valence-corrected chi connectivity index (χ3v) is 8.33. The number of nitrogens with zero attached hydrogens (tertiary/aromatic N) is 3. The molecule has 0 unspecified atom stereocenters. The van der Waals surface area contributed by atoms with Gasteiger partial charge in [0.15, 0.2) is 16.6 Å². The maximum absolute atomic E-state index is 13.0. The van der Waals surface area contributed by atoms with E-state index in [0.717, 1.165) is 24.8 Å². The lowest BCUT2D eigenvalue weighted by atomic mass is 9.99. The van der Waals surface area contributed by atoms with Gasteiger partial charge in [0.1, 0.15) is 10.7 Å².